The molecule has 0 fully saturated rings. The van der Waals surface area contributed by atoms with E-state index in [0.29, 0.717) is 30.5 Å². The fourth-order valence-corrected chi connectivity index (χ4v) is 4.18. The molecule has 0 bridgehead atoms. The van der Waals surface area contributed by atoms with Gasteiger partial charge in [0.15, 0.2) is 11.7 Å². The summed E-state index contributed by atoms with van der Waals surface area (Å²) in [4.78, 5) is 40.4. The Hall–Kier alpha value is -3.86. The maximum atomic E-state index is 14.0. The van der Waals surface area contributed by atoms with Gasteiger partial charge in [-0.2, -0.15) is 4.37 Å². The van der Waals surface area contributed by atoms with E-state index in [1.165, 1.54) is 11.2 Å². The number of primary amides is 1. The number of nitrogen functional groups attached to an aromatic ring is 1. The lowest BCUT2D eigenvalue weighted by Crippen LogP contribution is -2.44. The van der Waals surface area contributed by atoms with Crippen LogP contribution in [0.15, 0.2) is 47.1 Å². The van der Waals surface area contributed by atoms with E-state index in [-0.39, 0.29) is 22.0 Å². The fourth-order valence-electron chi connectivity index (χ4n) is 3.44. The number of furan rings is 1. The van der Waals surface area contributed by atoms with Gasteiger partial charge < -0.3 is 25.9 Å². The number of nitrogens with two attached hydrogens (primary N) is 2. The van der Waals surface area contributed by atoms with Crippen LogP contribution in [0, 0.1) is 5.92 Å². The molecule has 5 N–H and O–H groups in total. The smallest absolute Gasteiger partial charge is 0.273 e. The van der Waals surface area contributed by atoms with Crippen LogP contribution in [-0.4, -0.2) is 35.2 Å². The number of benzene rings is 1. The normalized spacial score (nSPS) is 11.8. The van der Waals surface area contributed by atoms with Crippen LogP contribution in [0.25, 0.3) is 0 Å². The third-order valence-electron chi connectivity index (χ3n) is 5.14. The molecule has 10 nitrogen and oxygen atoms in total. The number of anilines is 2. The van der Waals surface area contributed by atoms with E-state index >= 15 is 0 Å². The number of rotatable bonds is 11. The number of nitrogens with one attached hydrogen (secondary N) is 1. The zero-order valence-corrected chi connectivity index (χ0v) is 20.6. The van der Waals surface area contributed by atoms with Gasteiger partial charge >= 0.3 is 0 Å². The molecule has 0 saturated heterocycles. The SMILES string of the molecule is CCOc1ccccc1N(C(=O)c1snc(C(N)=O)c1N)[C@@H](C(=O)NCCC(C)C)c1ccco1. The minimum atomic E-state index is -1.19. The van der Waals surface area contributed by atoms with Gasteiger partial charge in [-0.05, 0) is 55.1 Å². The maximum Gasteiger partial charge on any atom is 0.273 e. The fraction of sp³-hybridized carbons (Fsp3) is 0.333. The van der Waals surface area contributed by atoms with E-state index < -0.39 is 23.8 Å². The molecule has 3 amide bonds. The predicted molar refractivity (Wildman–Crippen MR) is 133 cm³/mol. The van der Waals surface area contributed by atoms with Crippen LogP contribution < -0.4 is 26.4 Å². The second kappa shape index (κ2) is 11.5. The van der Waals surface area contributed by atoms with Crippen molar-refractivity contribution in [3.8, 4) is 5.75 Å². The van der Waals surface area contributed by atoms with Gasteiger partial charge in [-0.1, -0.05) is 26.0 Å². The van der Waals surface area contributed by atoms with Crippen molar-refractivity contribution in [2.24, 2.45) is 11.7 Å². The monoisotopic (exact) mass is 499 g/mol. The molecule has 0 spiro atoms. The average Bonchev–Trinajstić information content (AvgIpc) is 3.47. The summed E-state index contributed by atoms with van der Waals surface area (Å²) in [5, 5.41) is 2.90. The van der Waals surface area contributed by atoms with Gasteiger partial charge in [-0.25, -0.2) is 0 Å². The van der Waals surface area contributed by atoms with E-state index in [1.54, 1.807) is 36.4 Å². The van der Waals surface area contributed by atoms with Crippen LogP contribution in [0.3, 0.4) is 0 Å². The number of aromatic nitrogens is 1. The Kier molecular flexibility index (Phi) is 8.48. The predicted octanol–water partition coefficient (Wildman–Crippen LogP) is 3.37. The molecule has 3 rings (SSSR count). The molecule has 0 radical (unpaired) electrons. The van der Waals surface area contributed by atoms with Crippen LogP contribution in [0.1, 0.15) is 59.2 Å². The summed E-state index contributed by atoms with van der Waals surface area (Å²) in [6, 6.07) is 8.89. The van der Waals surface area contributed by atoms with Crippen LogP contribution in [0.2, 0.25) is 0 Å². The molecule has 35 heavy (non-hydrogen) atoms. The summed E-state index contributed by atoms with van der Waals surface area (Å²) in [6.07, 6.45) is 2.18. The quantitative estimate of drug-likeness (QED) is 0.365. The van der Waals surface area contributed by atoms with Crippen molar-refractivity contribution < 1.29 is 23.5 Å². The zero-order valence-electron chi connectivity index (χ0n) is 19.8. The summed E-state index contributed by atoms with van der Waals surface area (Å²) >= 11 is 0.733. The Morgan fingerprint density at radius 3 is 2.54 bits per heavy atom. The molecular formula is C24H29N5O5S. The Morgan fingerprint density at radius 1 is 1.20 bits per heavy atom. The number of carbonyl (C=O) groups excluding carboxylic acids is 3. The molecule has 0 aliphatic carbocycles. The highest BCUT2D eigenvalue weighted by Crippen LogP contribution is 2.38. The average molecular weight is 500 g/mol. The largest absolute Gasteiger partial charge is 0.492 e. The number of para-hydroxylation sites is 2. The van der Waals surface area contributed by atoms with Crippen LogP contribution in [0.5, 0.6) is 5.75 Å². The Bertz CT molecular complexity index is 1170. The molecule has 186 valence electrons. The molecular weight excluding hydrogens is 470 g/mol. The highest BCUT2D eigenvalue weighted by Gasteiger charge is 2.38. The summed E-state index contributed by atoms with van der Waals surface area (Å²) in [5.74, 6) is -0.956. The second-order valence-electron chi connectivity index (χ2n) is 8.11. The first kappa shape index (κ1) is 25.8. The summed E-state index contributed by atoms with van der Waals surface area (Å²) in [6.45, 7) is 6.66. The van der Waals surface area contributed by atoms with Crippen molar-refractivity contribution in [3.05, 3.63) is 59.0 Å². The highest BCUT2D eigenvalue weighted by atomic mass is 32.1. The van der Waals surface area contributed by atoms with Crippen molar-refractivity contribution in [2.45, 2.75) is 33.2 Å². The first-order chi connectivity index (χ1) is 16.8. The lowest BCUT2D eigenvalue weighted by molar-refractivity contribution is -0.122. The lowest BCUT2D eigenvalue weighted by Gasteiger charge is -2.31. The molecule has 2 aromatic heterocycles. The molecule has 11 heteroatoms. The zero-order chi connectivity index (χ0) is 25.5. The third kappa shape index (κ3) is 5.80. The number of carbonyl (C=O) groups is 3. The van der Waals surface area contributed by atoms with Gasteiger partial charge in [0.05, 0.1) is 24.2 Å². The molecule has 1 atom stereocenters. The Morgan fingerprint density at radius 2 is 1.94 bits per heavy atom. The molecule has 0 unspecified atom stereocenters. The van der Waals surface area contributed by atoms with E-state index in [0.717, 1.165) is 18.0 Å². The molecule has 1 aromatic carbocycles. The van der Waals surface area contributed by atoms with Crippen molar-refractivity contribution in [2.75, 3.05) is 23.8 Å². The minimum absolute atomic E-state index is 0.0309. The number of ether oxygens (including phenoxy) is 1. The van der Waals surface area contributed by atoms with Gasteiger partial charge in [0.2, 0.25) is 0 Å². The molecule has 0 aliphatic heterocycles. The lowest BCUT2D eigenvalue weighted by atomic mass is 10.1. The Balaban J connectivity index is 2.16. The minimum Gasteiger partial charge on any atom is -0.492 e. The molecule has 0 saturated carbocycles. The number of amides is 3. The van der Waals surface area contributed by atoms with Gasteiger partial charge in [0.1, 0.15) is 16.4 Å². The van der Waals surface area contributed by atoms with Crippen molar-refractivity contribution in [3.63, 3.8) is 0 Å². The number of hydrogen-bond donors (Lipinski definition) is 3. The van der Waals surface area contributed by atoms with Crippen LogP contribution >= 0.6 is 11.5 Å². The highest BCUT2D eigenvalue weighted by molar-refractivity contribution is 7.09. The van der Waals surface area contributed by atoms with E-state index in [9.17, 15) is 14.4 Å². The van der Waals surface area contributed by atoms with Crippen LogP contribution in [0.4, 0.5) is 11.4 Å². The van der Waals surface area contributed by atoms with Gasteiger partial charge in [0, 0.05) is 6.54 Å². The third-order valence-corrected chi connectivity index (χ3v) is 5.99. The Labute approximate surface area is 207 Å². The molecule has 0 aliphatic rings. The number of nitrogens with zero attached hydrogens (tertiary/aromatic N) is 2. The van der Waals surface area contributed by atoms with Crippen LogP contribution in [-0.2, 0) is 4.79 Å². The van der Waals surface area contributed by atoms with E-state index in [2.05, 4.69) is 9.69 Å². The van der Waals surface area contributed by atoms with E-state index in [1.807, 2.05) is 20.8 Å². The van der Waals surface area contributed by atoms with E-state index in [4.69, 9.17) is 20.6 Å². The molecule has 3 aromatic rings. The summed E-state index contributed by atoms with van der Waals surface area (Å²) in [5.41, 5.74) is 11.4. The van der Waals surface area contributed by atoms with Gasteiger partial charge in [-0.3, -0.25) is 19.3 Å². The summed E-state index contributed by atoms with van der Waals surface area (Å²) in [7, 11) is 0. The first-order valence-electron chi connectivity index (χ1n) is 11.2. The number of hydrogen-bond acceptors (Lipinski definition) is 8. The van der Waals surface area contributed by atoms with Crippen molar-refractivity contribution in [1.82, 2.24) is 9.69 Å². The van der Waals surface area contributed by atoms with Gasteiger partial charge in [-0.15, -0.1) is 0 Å². The van der Waals surface area contributed by atoms with Crippen molar-refractivity contribution >= 4 is 40.6 Å². The molecule has 2 heterocycles. The second-order valence-corrected chi connectivity index (χ2v) is 8.88. The first-order valence-corrected chi connectivity index (χ1v) is 11.9. The van der Waals surface area contributed by atoms with Crippen molar-refractivity contribution in [1.29, 1.82) is 0 Å². The van der Waals surface area contributed by atoms with Gasteiger partial charge in [0.25, 0.3) is 17.7 Å². The topological polar surface area (TPSA) is 154 Å². The maximum absolute atomic E-state index is 14.0. The standard InChI is InChI=1S/C24H29N5O5S/c1-4-33-16-9-6-5-8-15(16)29(24(32)21-18(25)19(22(26)30)28-35-21)20(17-10-7-13-34-17)23(31)27-12-11-14(2)3/h5-10,13-14,20H,4,11-12,25H2,1-3H3,(H2,26,30)(H,27,31)/t20-/m1/s1. The summed E-state index contributed by atoms with van der Waals surface area (Å²) < 4.78 is 15.3.